The molecule has 2 aliphatic rings. The van der Waals surface area contributed by atoms with Crippen molar-refractivity contribution in [2.45, 2.75) is 53.2 Å². The maximum atomic E-state index is 13.8. The van der Waals surface area contributed by atoms with Crippen LogP contribution in [0, 0.1) is 11.3 Å². The molecule has 2 unspecified atom stereocenters. The summed E-state index contributed by atoms with van der Waals surface area (Å²) in [7, 11) is -4.16. The summed E-state index contributed by atoms with van der Waals surface area (Å²) in [6.07, 6.45) is -4.22. The molecule has 2 aromatic rings. The minimum atomic E-state index is -4.66. The monoisotopic (exact) mass is 602 g/mol. The van der Waals surface area contributed by atoms with E-state index in [1.54, 1.807) is 6.07 Å². The molecule has 1 aliphatic carbocycles. The Kier molecular flexibility index (Phi) is 8.19. The topological polar surface area (TPSA) is 119 Å². The van der Waals surface area contributed by atoms with Gasteiger partial charge in [-0.2, -0.15) is 18.4 Å². The molecule has 1 aliphatic heterocycles. The summed E-state index contributed by atoms with van der Waals surface area (Å²) in [5, 5.41) is 13.1. The first-order chi connectivity index (χ1) is 18.3. The van der Waals surface area contributed by atoms with Gasteiger partial charge in [-0.1, -0.05) is 47.5 Å². The van der Waals surface area contributed by atoms with Crippen LogP contribution in [0.3, 0.4) is 0 Å². The number of amides is 2. The lowest BCUT2D eigenvalue weighted by Gasteiger charge is -2.29. The Balaban J connectivity index is 1.70. The third-order valence-electron chi connectivity index (χ3n) is 6.71. The van der Waals surface area contributed by atoms with Crippen molar-refractivity contribution in [3.63, 3.8) is 0 Å². The van der Waals surface area contributed by atoms with Crippen LogP contribution in [0.25, 0.3) is 0 Å². The molecule has 1 heterocycles. The minimum Gasteiger partial charge on any atom is -0.336 e. The first-order valence-electron chi connectivity index (χ1n) is 11.8. The van der Waals surface area contributed by atoms with Gasteiger partial charge in [0.2, 0.25) is 11.8 Å². The zero-order valence-corrected chi connectivity index (χ0v) is 22.5. The Morgan fingerprint density at radius 2 is 1.77 bits per heavy atom. The van der Waals surface area contributed by atoms with Gasteiger partial charge in [0.05, 0.1) is 27.8 Å². The van der Waals surface area contributed by atoms with Crippen LogP contribution in [0.4, 0.5) is 13.2 Å². The first-order valence-corrected chi connectivity index (χ1v) is 14.1. The van der Waals surface area contributed by atoms with Gasteiger partial charge in [0.25, 0.3) is 0 Å². The predicted molar refractivity (Wildman–Crippen MR) is 137 cm³/mol. The lowest BCUT2D eigenvalue weighted by molar-refractivity contribution is -0.143. The number of likely N-dealkylation sites (tertiary alicyclic amines) is 1. The van der Waals surface area contributed by atoms with Gasteiger partial charge < -0.3 is 10.2 Å². The van der Waals surface area contributed by atoms with Crippen molar-refractivity contribution in [2.24, 2.45) is 0 Å². The normalized spacial score (nSPS) is 21.2. The van der Waals surface area contributed by atoms with Crippen molar-refractivity contribution in [3.8, 4) is 6.07 Å². The number of hydrogen-bond donors (Lipinski definition) is 2. The summed E-state index contributed by atoms with van der Waals surface area (Å²) in [5.74, 6) is -1.69. The van der Waals surface area contributed by atoms with Crippen LogP contribution in [-0.4, -0.2) is 61.2 Å². The van der Waals surface area contributed by atoms with Crippen molar-refractivity contribution in [1.82, 2.24) is 15.5 Å². The smallest absolute Gasteiger partial charge is 0.336 e. The number of nitrogens with one attached hydrogen (secondary N) is 2. The van der Waals surface area contributed by atoms with Crippen LogP contribution in [-0.2, 0) is 19.4 Å². The third kappa shape index (κ3) is 6.49. The molecule has 208 valence electrons. The molecule has 8 nitrogen and oxygen atoms in total. The van der Waals surface area contributed by atoms with E-state index in [-0.39, 0.29) is 26.9 Å². The fourth-order valence-electron chi connectivity index (χ4n) is 4.46. The molecule has 2 N–H and O–H groups in total. The highest BCUT2D eigenvalue weighted by Gasteiger charge is 2.51. The number of carbonyl (C=O) groups is 2. The molecule has 1 saturated carbocycles. The number of nitrogens with zero attached hydrogens (tertiary/aromatic N) is 2. The SMILES string of the molecule is N#CC1(NC(=O)C2C[C@@H](S(=O)(=O)c3ccccc3Cl)CN2C(=O)C(NCC(F)(F)F)c2ccc(Cl)cc2)CC1. The van der Waals surface area contributed by atoms with E-state index in [4.69, 9.17) is 23.2 Å². The summed E-state index contributed by atoms with van der Waals surface area (Å²) >= 11 is 12.0. The Morgan fingerprint density at radius 1 is 1.13 bits per heavy atom. The second-order valence-electron chi connectivity index (χ2n) is 9.50. The lowest BCUT2D eigenvalue weighted by atomic mass is 10.0. The zero-order valence-electron chi connectivity index (χ0n) is 20.2. The van der Waals surface area contributed by atoms with Gasteiger partial charge in [0, 0.05) is 11.6 Å². The largest absolute Gasteiger partial charge is 0.401 e. The summed E-state index contributed by atoms with van der Waals surface area (Å²) < 4.78 is 66.4. The number of rotatable bonds is 8. The average molecular weight is 603 g/mol. The fourth-order valence-corrected chi connectivity index (χ4v) is 6.81. The summed E-state index contributed by atoms with van der Waals surface area (Å²) in [6.45, 7) is -1.99. The van der Waals surface area contributed by atoms with Crippen molar-refractivity contribution < 1.29 is 31.2 Å². The number of hydrogen-bond acceptors (Lipinski definition) is 6. The van der Waals surface area contributed by atoms with E-state index >= 15 is 0 Å². The maximum absolute atomic E-state index is 13.8. The lowest BCUT2D eigenvalue weighted by Crippen LogP contribution is -2.52. The van der Waals surface area contributed by atoms with Crippen molar-refractivity contribution in [2.75, 3.05) is 13.1 Å². The van der Waals surface area contributed by atoms with E-state index in [0.29, 0.717) is 12.8 Å². The average Bonchev–Trinajstić information content (AvgIpc) is 3.49. The molecule has 0 spiro atoms. The highest BCUT2D eigenvalue weighted by molar-refractivity contribution is 7.92. The highest BCUT2D eigenvalue weighted by Crippen LogP contribution is 2.37. The van der Waals surface area contributed by atoms with Gasteiger partial charge >= 0.3 is 6.18 Å². The molecule has 2 fully saturated rings. The van der Waals surface area contributed by atoms with Gasteiger partial charge in [-0.15, -0.1) is 0 Å². The molecule has 2 amide bonds. The van der Waals surface area contributed by atoms with Crippen LogP contribution >= 0.6 is 23.2 Å². The quantitative estimate of drug-likeness (QED) is 0.474. The zero-order chi connectivity index (χ0) is 28.6. The summed E-state index contributed by atoms with van der Waals surface area (Å²) in [4.78, 5) is 27.8. The second-order valence-corrected chi connectivity index (χ2v) is 12.5. The Bertz CT molecular complexity index is 1410. The molecule has 14 heteroatoms. The van der Waals surface area contributed by atoms with Crippen molar-refractivity contribution in [1.29, 1.82) is 5.26 Å². The molecule has 2 aromatic carbocycles. The Hall–Kier alpha value is -2.85. The van der Waals surface area contributed by atoms with Gasteiger partial charge in [-0.05, 0) is 49.1 Å². The molecule has 0 aromatic heterocycles. The number of sulfone groups is 1. The molecule has 1 saturated heterocycles. The number of nitriles is 1. The van der Waals surface area contributed by atoms with E-state index in [1.807, 2.05) is 6.07 Å². The minimum absolute atomic E-state index is 0.0458. The van der Waals surface area contributed by atoms with Gasteiger partial charge in [0.1, 0.15) is 17.6 Å². The van der Waals surface area contributed by atoms with Crippen LogP contribution in [0.2, 0.25) is 10.0 Å². The standard InChI is InChI=1S/C25H23Cl2F3N4O4S/c26-16-7-5-15(6-8-16)21(32-14-25(28,29)30)23(36)34-12-17(39(37,38)20-4-2-1-3-18(20)27)11-19(34)22(35)33-24(13-31)9-10-24/h1-8,17,19,21,32H,9-12,14H2,(H,33,35)/t17-,19?,21?/m1/s1. The van der Waals surface area contributed by atoms with E-state index in [2.05, 4.69) is 10.6 Å². The van der Waals surface area contributed by atoms with Gasteiger partial charge in [0.15, 0.2) is 9.84 Å². The Labute approximate surface area is 233 Å². The summed E-state index contributed by atoms with van der Waals surface area (Å²) in [5.41, 5.74) is -0.976. The van der Waals surface area contributed by atoms with Crippen LogP contribution < -0.4 is 10.6 Å². The first kappa shape index (κ1) is 29.1. The second kappa shape index (κ2) is 11.0. The Morgan fingerprint density at radius 3 is 2.33 bits per heavy atom. The fraction of sp³-hybridized carbons (Fsp3) is 0.400. The van der Waals surface area contributed by atoms with Crippen molar-refractivity contribution in [3.05, 3.63) is 64.1 Å². The molecule has 0 radical (unpaired) electrons. The van der Waals surface area contributed by atoms with Crippen LogP contribution in [0.15, 0.2) is 53.4 Å². The number of halogens is 5. The number of alkyl halides is 3. The molecule has 3 atom stereocenters. The number of benzene rings is 2. The molecule has 0 bridgehead atoms. The van der Waals surface area contributed by atoms with Gasteiger partial charge in [-0.3, -0.25) is 14.9 Å². The molecule has 4 rings (SSSR count). The predicted octanol–water partition coefficient (Wildman–Crippen LogP) is 3.80. The summed E-state index contributed by atoms with van der Waals surface area (Å²) in [6, 6.07) is 10.3. The van der Waals surface area contributed by atoms with Crippen LogP contribution in [0.5, 0.6) is 0 Å². The van der Waals surface area contributed by atoms with E-state index in [0.717, 1.165) is 4.90 Å². The van der Waals surface area contributed by atoms with Crippen molar-refractivity contribution >= 4 is 44.9 Å². The highest BCUT2D eigenvalue weighted by atomic mass is 35.5. The van der Waals surface area contributed by atoms with Gasteiger partial charge in [-0.25, -0.2) is 8.42 Å². The van der Waals surface area contributed by atoms with Crippen LogP contribution in [0.1, 0.15) is 30.9 Å². The van der Waals surface area contributed by atoms with E-state index < -0.39 is 63.8 Å². The third-order valence-corrected chi connectivity index (χ3v) is 9.60. The number of carbonyl (C=O) groups excluding carboxylic acids is 2. The molecule has 39 heavy (non-hydrogen) atoms. The maximum Gasteiger partial charge on any atom is 0.401 e. The molecular weight excluding hydrogens is 580 g/mol. The van der Waals surface area contributed by atoms with E-state index in [1.165, 1.54) is 42.5 Å². The molecular formula is C25H23Cl2F3N4O4S. The van der Waals surface area contributed by atoms with E-state index in [9.17, 15) is 36.4 Å².